The Labute approximate surface area is 108 Å². The van der Waals surface area contributed by atoms with Gasteiger partial charge in [-0.15, -0.1) is 0 Å². The summed E-state index contributed by atoms with van der Waals surface area (Å²) in [6, 6.07) is 4.84. The molecule has 0 spiro atoms. The molecule has 0 saturated heterocycles. The van der Waals surface area contributed by atoms with Crippen LogP contribution in [0.25, 0.3) is 0 Å². The summed E-state index contributed by atoms with van der Waals surface area (Å²) in [6.45, 7) is 1.44. The number of benzene rings is 1. The lowest BCUT2D eigenvalue weighted by Crippen LogP contribution is -2.15. The summed E-state index contributed by atoms with van der Waals surface area (Å²) in [6.07, 6.45) is 1.31. The zero-order valence-electron chi connectivity index (χ0n) is 10.1. The standard InChI is InChI=1S/C13H11F2N3O/c1-7-4-10(15)12(5-9(7)14)18-13(19)11-3-2-8(16)6-17-11/h2-6H,16H2,1H3,(H,18,19). The van der Waals surface area contributed by atoms with Crippen molar-refractivity contribution in [3.05, 3.63) is 53.4 Å². The molecule has 3 N–H and O–H groups in total. The molecule has 1 heterocycles. The van der Waals surface area contributed by atoms with Gasteiger partial charge in [-0.25, -0.2) is 13.8 Å². The van der Waals surface area contributed by atoms with Crippen molar-refractivity contribution in [1.82, 2.24) is 4.98 Å². The van der Waals surface area contributed by atoms with Crippen molar-refractivity contribution in [2.75, 3.05) is 11.1 Å². The number of anilines is 2. The number of halogens is 2. The molecule has 0 bridgehead atoms. The molecule has 19 heavy (non-hydrogen) atoms. The summed E-state index contributed by atoms with van der Waals surface area (Å²) in [5.41, 5.74) is 5.85. The molecule has 0 fully saturated rings. The number of nitrogens with zero attached hydrogens (tertiary/aromatic N) is 1. The molecule has 0 unspecified atom stereocenters. The first-order valence-corrected chi connectivity index (χ1v) is 5.46. The number of nitrogens with two attached hydrogens (primary N) is 1. The highest BCUT2D eigenvalue weighted by Gasteiger charge is 2.12. The van der Waals surface area contributed by atoms with Gasteiger partial charge in [-0.05, 0) is 30.7 Å². The van der Waals surface area contributed by atoms with Crippen LogP contribution in [0.1, 0.15) is 16.1 Å². The molecule has 98 valence electrons. The largest absolute Gasteiger partial charge is 0.397 e. The van der Waals surface area contributed by atoms with E-state index in [-0.39, 0.29) is 16.9 Å². The number of aryl methyl sites for hydroxylation is 1. The van der Waals surface area contributed by atoms with Gasteiger partial charge in [-0.3, -0.25) is 4.79 Å². The molecule has 0 saturated carbocycles. The smallest absolute Gasteiger partial charge is 0.274 e. The fraction of sp³-hybridized carbons (Fsp3) is 0.0769. The van der Waals surface area contributed by atoms with Crippen LogP contribution in [0, 0.1) is 18.6 Å². The van der Waals surface area contributed by atoms with Crippen LogP contribution in [-0.2, 0) is 0 Å². The average Bonchev–Trinajstić information content (AvgIpc) is 2.36. The fourth-order valence-corrected chi connectivity index (χ4v) is 1.47. The van der Waals surface area contributed by atoms with Crippen molar-refractivity contribution in [2.24, 2.45) is 0 Å². The summed E-state index contributed by atoms with van der Waals surface area (Å²) in [7, 11) is 0. The molecule has 0 aliphatic carbocycles. The Balaban J connectivity index is 2.24. The number of carbonyl (C=O) groups is 1. The Morgan fingerprint density at radius 1 is 1.26 bits per heavy atom. The van der Waals surface area contributed by atoms with Crippen molar-refractivity contribution in [3.63, 3.8) is 0 Å². The second-order valence-electron chi connectivity index (χ2n) is 4.01. The van der Waals surface area contributed by atoms with E-state index in [0.29, 0.717) is 5.69 Å². The Kier molecular flexibility index (Phi) is 3.41. The van der Waals surface area contributed by atoms with Gasteiger partial charge in [0.25, 0.3) is 5.91 Å². The van der Waals surface area contributed by atoms with Gasteiger partial charge in [0.05, 0.1) is 17.6 Å². The van der Waals surface area contributed by atoms with Gasteiger partial charge in [0.2, 0.25) is 0 Å². The van der Waals surface area contributed by atoms with E-state index in [2.05, 4.69) is 10.3 Å². The van der Waals surface area contributed by atoms with Crippen molar-refractivity contribution in [2.45, 2.75) is 6.92 Å². The normalized spacial score (nSPS) is 10.3. The van der Waals surface area contributed by atoms with Gasteiger partial charge in [-0.2, -0.15) is 0 Å². The predicted octanol–water partition coefficient (Wildman–Crippen LogP) is 2.50. The predicted molar refractivity (Wildman–Crippen MR) is 67.7 cm³/mol. The van der Waals surface area contributed by atoms with Crippen LogP contribution in [-0.4, -0.2) is 10.9 Å². The molecule has 0 atom stereocenters. The number of hydrogen-bond acceptors (Lipinski definition) is 3. The van der Waals surface area contributed by atoms with Gasteiger partial charge in [-0.1, -0.05) is 0 Å². The number of nitrogen functional groups attached to an aromatic ring is 1. The van der Waals surface area contributed by atoms with Gasteiger partial charge >= 0.3 is 0 Å². The Bertz CT molecular complexity index is 627. The minimum atomic E-state index is -0.706. The highest BCUT2D eigenvalue weighted by atomic mass is 19.1. The number of rotatable bonds is 2. The molecule has 1 aromatic carbocycles. The van der Waals surface area contributed by atoms with Crippen LogP contribution >= 0.6 is 0 Å². The lowest BCUT2D eigenvalue weighted by Gasteiger charge is -2.07. The number of aromatic nitrogens is 1. The maximum atomic E-state index is 13.5. The second kappa shape index (κ2) is 5.01. The van der Waals surface area contributed by atoms with E-state index in [9.17, 15) is 13.6 Å². The Hall–Kier alpha value is -2.50. The molecule has 2 rings (SSSR count). The van der Waals surface area contributed by atoms with Crippen LogP contribution in [0.15, 0.2) is 30.5 Å². The van der Waals surface area contributed by atoms with Crippen molar-refractivity contribution in [1.29, 1.82) is 0 Å². The molecule has 0 aliphatic heterocycles. The van der Waals surface area contributed by atoms with E-state index < -0.39 is 17.5 Å². The zero-order valence-corrected chi connectivity index (χ0v) is 10.1. The summed E-state index contributed by atoms with van der Waals surface area (Å²) >= 11 is 0. The lowest BCUT2D eigenvalue weighted by atomic mass is 10.2. The average molecular weight is 263 g/mol. The molecular formula is C13H11F2N3O. The van der Waals surface area contributed by atoms with Gasteiger partial charge < -0.3 is 11.1 Å². The van der Waals surface area contributed by atoms with Crippen LogP contribution in [0.3, 0.4) is 0 Å². The van der Waals surface area contributed by atoms with Crippen LogP contribution in [0.2, 0.25) is 0 Å². The topological polar surface area (TPSA) is 68.0 Å². The van der Waals surface area contributed by atoms with Crippen molar-refractivity contribution >= 4 is 17.3 Å². The first kappa shape index (κ1) is 12.9. The quantitative estimate of drug-likeness (QED) is 0.874. The maximum Gasteiger partial charge on any atom is 0.274 e. The second-order valence-corrected chi connectivity index (χ2v) is 4.01. The van der Waals surface area contributed by atoms with Crippen LogP contribution in [0.4, 0.5) is 20.2 Å². The molecule has 6 heteroatoms. The number of carbonyl (C=O) groups excluding carboxylic acids is 1. The first-order chi connectivity index (χ1) is 8.97. The molecule has 2 aromatic rings. The molecule has 1 aromatic heterocycles. The van der Waals surface area contributed by atoms with Gasteiger partial charge in [0.1, 0.15) is 17.3 Å². The number of amides is 1. The number of nitrogens with one attached hydrogen (secondary N) is 1. The summed E-state index contributed by atoms with van der Waals surface area (Å²) < 4.78 is 26.9. The summed E-state index contributed by atoms with van der Waals surface area (Å²) in [5.74, 6) is -1.94. The number of pyridine rings is 1. The molecule has 4 nitrogen and oxygen atoms in total. The fourth-order valence-electron chi connectivity index (χ4n) is 1.47. The third-order valence-corrected chi connectivity index (χ3v) is 2.52. The van der Waals surface area contributed by atoms with Crippen molar-refractivity contribution < 1.29 is 13.6 Å². The highest BCUT2D eigenvalue weighted by Crippen LogP contribution is 2.19. The van der Waals surface area contributed by atoms with Gasteiger partial charge in [0, 0.05) is 6.07 Å². The molecule has 0 aliphatic rings. The minimum absolute atomic E-state index is 0.0644. The zero-order chi connectivity index (χ0) is 14.0. The van der Waals surface area contributed by atoms with Crippen molar-refractivity contribution in [3.8, 4) is 0 Å². The third-order valence-electron chi connectivity index (χ3n) is 2.52. The van der Waals surface area contributed by atoms with E-state index in [1.165, 1.54) is 25.3 Å². The Morgan fingerprint density at radius 3 is 2.63 bits per heavy atom. The third kappa shape index (κ3) is 2.85. The summed E-state index contributed by atoms with van der Waals surface area (Å²) in [4.78, 5) is 15.6. The van der Waals surface area contributed by atoms with Gasteiger partial charge in [0.15, 0.2) is 0 Å². The monoisotopic (exact) mass is 263 g/mol. The minimum Gasteiger partial charge on any atom is -0.397 e. The van der Waals surface area contributed by atoms with E-state index >= 15 is 0 Å². The van der Waals surface area contributed by atoms with E-state index in [1.54, 1.807) is 0 Å². The van der Waals surface area contributed by atoms with E-state index in [0.717, 1.165) is 12.1 Å². The summed E-state index contributed by atoms with van der Waals surface area (Å²) in [5, 5.41) is 2.26. The molecule has 0 radical (unpaired) electrons. The van der Waals surface area contributed by atoms with E-state index in [1.807, 2.05) is 0 Å². The number of hydrogen-bond donors (Lipinski definition) is 2. The van der Waals surface area contributed by atoms with Crippen LogP contribution < -0.4 is 11.1 Å². The molecular weight excluding hydrogens is 252 g/mol. The highest BCUT2D eigenvalue weighted by molar-refractivity contribution is 6.03. The Morgan fingerprint density at radius 2 is 2.00 bits per heavy atom. The van der Waals surface area contributed by atoms with Crippen LogP contribution in [0.5, 0.6) is 0 Å². The first-order valence-electron chi connectivity index (χ1n) is 5.46. The SMILES string of the molecule is Cc1cc(F)c(NC(=O)c2ccc(N)cn2)cc1F. The van der Waals surface area contributed by atoms with E-state index in [4.69, 9.17) is 5.73 Å². The molecule has 1 amide bonds. The maximum absolute atomic E-state index is 13.5. The lowest BCUT2D eigenvalue weighted by molar-refractivity contribution is 0.102.